The Morgan fingerprint density at radius 3 is 2.81 bits per heavy atom. The van der Waals surface area contributed by atoms with Gasteiger partial charge in [-0.25, -0.2) is 4.98 Å². The van der Waals surface area contributed by atoms with Crippen molar-refractivity contribution in [3.8, 4) is 0 Å². The highest BCUT2D eigenvalue weighted by Crippen LogP contribution is 2.29. The van der Waals surface area contributed by atoms with Crippen LogP contribution in [0.15, 0.2) is 40.5 Å². The van der Waals surface area contributed by atoms with Crippen LogP contribution in [0.3, 0.4) is 0 Å². The molecule has 1 aromatic carbocycles. The summed E-state index contributed by atoms with van der Waals surface area (Å²) < 4.78 is 0.661. The van der Waals surface area contributed by atoms with Gasteiger partial charge in [-0.05, 0) is 23.9 Å². The number of nitrogens with zero attached hydrogens (tertiary/aromatic N) is 2. The molecule has 1 aliphatic heterocycles. The molecule has 0 aliphatic carbocycles. The fourth-order valence-electron chi connectivity index (χ4n) is 3.78. The fourth-order valence-corrected chi connectivity index (χ4v) is 4.51. The molecule has 0 unspecified atom stereocenters. The number of aryl methyl sites for hydroxylation is 1. The van der Waals surface area contributed by atoms with Gasteiger partial charge in [-0.2, -0.15) is 0 Å². The monoisotopic (exact) mass is 382 g/mol. The summed E-state index contributed by atoms with van der Waals surface area (Å²) in [6.45, 7) is 5.71. The number of hydrogen-bond donors (Lipinski definition) is 2. The minimum absolute atomic E-state index is 0.0230. The third kappa shape index (κ3) is 3.79. The van der Waals surface area contributed by atoms with Crippen molar-refractivity contribution in [3.05, 3.63) is 63.0 Å². The fraction of sp³-hybridized carbons (Fsp3) is 0.350. The third-order valence-electron chi connectivity index (χ3n) is 5.03. The van der Waals surface area contributed by atoms with E-state index in [1.165, 1.54) is 22.5 Å². The van der Waals surface area contributed by atoms with E-state index in [0.29, 0.717) is 17.1 Å². The van der Waals surface area contributed by atoms with Crippen LogP contribution in [-0.4, -0.2) is 39.9 Å². The largest absolute Gasteiger partial charge is 0.352 e. The first-order valence-electron chi connectivity index (χ1n) is 9.02. The van der Waals surface area contributed by atoms with Crippen molar-refractivity contribution in [1.82, 2.24) is 20.2 Å². The summed E-state index contributed by atoms with van der Waals surface area (Å²) in [5.41, 5.74) is 3.09. The van der Waals surface area contributed by atoms with Crippen LogP contribution in [0, 0.1) is 6.92 Å². The zero-order valence-corrected chi connectivity index (χ0v) is 16.2. The topological polar surface area (TPSA) is 78.1 Å². The molecule has 1 amide bonds. The van der Waals surface area contributed by atoms with E-state index in [2.05, 4.69) is 51.4 Å². The van der Waals surface area contributed by atoms with Gasteiger partial charge >= 0.3 is 0 Å². The van der Waals surface area contributed by atoms with Crippen LogP contribution >= 0.6 is 11.3 Å². The van der Waals surface area contributed by atoms with Crippen LogP contribution in [0.1, 0.15) is 29.8 Å². The van der Waals surface area contributed by atoms with Gasteiger partial charge in [0.15, 0.2) is 0 Å². The minimum Gasteiger partial charge on any atom is -0.352 e. The number of rotatable bonds is 4. The van der Waals surface area contributed by atoms with E-state index in [-0.39, 0.29) is 23.4 Å². The van der Waals surface area contributed by atoms with Crippen molar-refractivity contribution in [3.63, 3.8) is 0 Å². The molecule has 2 atom stereocenters. The Bertz CT molecular complexity index is 1020. The molecule has 2 N–H and O–H groups in total. The normalized spacial score (nSPS) is 20.2. The number of benzene rings is 1. The standard InChI is InChI=1S/C20H22N4O2S/c1-12-3-5-14(6-4-12)15-9-24(10-17(15)21-13(2)25)11-18-22-16-7-8-27-19(16)20(26)23-18/h3-8,15,17H,9-11H2,1-2H3,(H,21,25)(H,22,23,26)/t15-,17+/m0/s1. The second-order valence-corrected chi connectivity index (χ2v) is 8.08. The Kier molecular flexibility index (Phi) is 4.80. The Hall–Kier alpha value is -2.51. The first-order chi connectivity index (χ1) is 13.0. The molecule has 2 aromatic heterocycles. The summed E-state index contributed by atoms with van der Waals surface area (Å²) >= 11 is 1.40. The number of likely N-dealkylation sites (tertiary alicyclic amines) is 1. The molecule has 6 nitrogen and oxygen atoms in total. The Balaban J connectivity index is 1.57. The van der Waals surface area contributed by atoms with E-state index in [4.69, 9.17) is 0 Å². The smallest absolute Gasteiger partial charge is 0.268 e. The van der Waals surface area contributed by atoms with Gasteiger partial charge in [0, 0.05) is 32.0 Å². The highest BCUT2D eigenvalue weighted by atomic mass is 32.1. The highest BCUT2D eigenvalue weighted by molar-refractivity contribution is 7.17. The van der Waals surface area contributed by atoms with Crippen LogP contribution in [0.25, 0.3) is 10.2 Å². The van der Waals surface area contributed by atoms with Gasteiger partial charge in [0.2, 0.25) is 5.91 Å². The number of thiophene rings is 1. The predicted molar refractivity (Wildman–Crippen MR) is 107 cm³/mol. The summed E-state index contributed by atoms with van der Waals surface area (Å²) in [5.74, 6) is 0.855. The lowest BCUT2D eigenvalue weighted by atomic mass is 9.93. The molecule has 27 heavy (non-hydrogen) atoms. The van der Waals surface area contributed by atoms with E-state index < -0.39 is 0 Å². The second kappa shape index (κ2) is 7.25. The summed E-state index contributed by atoms with van der Waals surface area (Å²) in [5, 5.41) is 4.97. The summed E-state index contributed by atoms with van der Waals surface area (Å²) in [6.07, 6.45) is 0. The molecular formula is C20H22N4O2S. The number of nitrogens with one attached hydrogen (secondary N) is 2. The first-order valence-corrected chi connectivity index (χ1v) is 9.90. The Labute approximate surface area is 161 Å². The van der Waals surface area contributed by atoms with E-state index in [9.17, 15) is 9.59 Å². The Morgan fingerprint density at radius 1 is 1.30 bits per heavy atom. The number of fused-ring (bicyclic) bond motifs is 1. The number of amides is 1. The number of carbonyl (C=O) groups excluding carboxylic acids is 1. The molecule has 1 saturated heterocycles. The molecule has 0 bridgehead atoms. The average Bonchev–Trinajstić information content (AvgIpc) is 3.22. The molecule has 3 aromatic rings. The van der Waals surface area contributed by atoms with E-state index in [1.807, 2.05) is 11.4 Å². The number of hydrogen-bond acceptors (Lipinski definition) is 5. The van der Waals surface area contributed by atoms with E-state index >= 15 is 0 Å². The predicted octanol–water partition coefficient (Wildman–Crippen LogP) is 2.40. The molecule has 7 heteroatoms. The van der Waals surface area contributed by atoms with Gasteiger partial charge < -0.3 is 10.3 Å². The van der Waals surface area contributed by atoms with Crippen molar-refractivity contribution >= 4 is 27.5 Å². The van der Waals surface area contributed by atoms with Crippen molar-refractivity contribution in [2.75, 3.05) is 13.1 Å². The summed E-state index contributed by atoms with van der Waals surface area (Å²) in [7, 11) is 0. The number of H-pyrrole nitrogens is 1. The molecule has 1 fully saturated rings. The Morgan fingerprint density at radius 2 is 2.07 bits per heavy atom. The van der Waals surface area contributed by atoms with Gasteiger partial charge in [0.25, 0.3) is 5.56 Å². The lowest BCUT2D eigenvalue weighted by Gasteiger charge is -2.19. The zero-order chi connectivity index (χ0) is 19.0. The van der Waals surface area contributed by atoms with Crippen LogP contribution in [0.2, 0.25) is 0 Å². The van der Waals surface area contributed by atoms with Crippen LogP contribution < -0.4 is 10.9 Å². The van der Waals surface area contributed by atoms with Gasteiger partial charge in [-0.15, -0.1) is 11.3 Å². The SMILES string of the molecule is CC(=O)N[C@@H]1CN(Cc2nc3ccsc3c(=O)[nH]2)C[C@H]1c1ccc(C)cc1. The minimum atomic E-state index is -0.0855. The second-order valence-electron chi connectivity index (χ2n) is 7.17. The van der Waals surface area contributed by atoms with E-state index in [1.54, 1.807) is 6.92 Å². The molecule has 0 radical (unpaired) electrons. The quantitative estimate of drug-likeness (QED) is 0.726. The van der Waals surface area contributed by atoms with Gasteiger partial charge in [0.1, 0.15) is 10.5 Å². The molecular weight excluding hydrogens is 360 g/mol. The van der Waals surface area contributed by atoms with Crippen LogP contribution in [-0.2, 0) is 11.3 Å². The number of carbonyl (C=O) groups is 1. The maximum Gasteiger partial charge on any atom is 0.268 e. The first kappa shape index (κ1) is 17.9. The zero-order valence-electron chi connectivity index (χ0n) is 15.4. The number of aromatic amines is 1. The van der Waals surface area contributed by atoms with Gasteiger partial charge in [-0.3, -0.25) is 14.5 Å². The third-order valence-corrected chi connectivity index (χ3v) is 5.93. The summed E-state index contributed by atoms with van der Waals surface area (Å²) in [4.78, 5) is 33.6. The van der Waals surface area contributed by atoms with Crippen molar-refractivity contribution in [2.24, 2.45) is 0 Å². The van der Waals surface area contributed by atoms with Crippen LogP contribution in [0.4, 0.5) is 0 Å². The van der Waals surface area contributed by atoms with Crippen LogP contribution in [0.5, 0.6) is 0 Å². The lowest BCUT2D eigenvalue weighted by molar-refractivity contribution is -0.119. The molecule has 0 spiro atoms. The molecule has 0 saturated carbocycles. The van der Waals surface area contributed by atoms with Gasteiger partial charge in [0.05, 0.1) is 12.1 Å². The maximum atomic E-state index is 12.2. The summed E-state index contributed by atoms with van der Waals surface area (Å²) in [6, 6.07) is 10.4. The van der Waals surface area contributed by atoms with E-state index in [0.717, 1.165) is 18.6 Å². The van der Waals surface area contributed by atoms with Crippen molar-refractivity contribution in [1.29, 1.82) is 0 Å². The molecule has 3 heterocycles. The average molecular weight is 382 g/mol. The maximum absolute atomic E-state index is 12.2. The lowest BCUT2D eigenvalue weighted by Crippen LogP contribution is -2.38. The van der Waals surface area contributed by atoms with Crippen molar-refractivity contribution < 1.29 is 4.79 Å². The molecule has 140 valence electrons. The van der Waals surface area contributed by atoms with Crippen molar-refractivity contribution in [2.45, 2.75) is 32.4 Å². The van der Waals surface area contributed by atoms with Gasteiger partial charge in [-0.1, -0.05) is 29.8 Å². The highest BCUT2D eigenvalue weighted by Gasteiger charge is 2.34. The molecule has 1 aliphatic rings. The number of aromatic nitrogens is 2. The molecule has 4 rings (SSSR count).